The molecule has 1 atom stereocenters. The van der Waals surface area contributed by atoms with Gasteiger partial charge in [-0.15, -0.1) is 0 Å². The first-order valence-corrected chi connectivity index (χ1v) is 10.3. The molecule has 150 valence electrons. The molecule has 2 nitrogen and oxygen atoms in total. The Morgan fingerprint density at radius 3 is 1.63 bits per heavy atom. The second-order valence-corrected chi connectivity index (χ2v) is 7.67. The molecule has 0 aliphatic rings. The van der Waals surface area contributed by atoms with Crippen LogP contribution in [0.4, 0.5) is 0 Å². The molecule has 0 radical (unpaired) electrons. The number of ether oxygens (including phenoxy) is 1. The molecule has 0 saturated carbocycles. The van der Waals surface area contributed by atoms with Crippen LogP contribution >= 0.6 is 0 Å². The molecule has 4 aromatic rings. The van der Waals surface area contributed by atoms with Crippen LogP contribution in [0.2, 0.25) is 0 Å². The minimum absolute atomic E-state index is 0.0745. The van der Waals surface area contributed by atoms with E-state index in [1.54, 1.807) is 0 Å². The van der Waals surface area contributed by atoms with Gasteiger partial charge in [0, 0.05) is 5.92 Å². The fourth-order valence-corrected chi connectivity index (χ4v) is 3.95. The molecule has 2 heteroatoms. The van der Waals surface area contributed by atoms with Gasteiger partial charge >= 0.3 is 0 Å². The normalized spacial score (nSPS) is 12.3. The van der Waals surface area contributed by atoms with Crippen molar-refractivity contribution in [3.05, 3.63) is 138 Å². The van der Waals surface area contributed by atoms with Crippen LogP contribution in [0.25, 0.3) is 0 Å². The zero-order chi connectivity index (χ0) is 20.8. The van der Waals surface area contributed by atoms with Gasteiger partial charge in [-0.25, -0.2) is 0 Å². The summed E-state index contributed by atoms with van der Waals surface area (Å²) in [6, 6.07) is 39.2. The predicted molar refractivity (Wildman–Crippen MR) is 123 cm³/mol. The number of benzene rings is 4. The number of nitrogens with two attached hydrogens (primary N) is 1. The maximum Gasteiger partial charge on any atom is 0.119 e. The highest BCUT2D eigenvalue weighted by atomic mass is 16.5. The van der Waals surface area contributed by atoms with Gasteiger partial charge in [-0.1, -0.05) is 110 Å². The van der Waals surface area contributed by atoms with Gasteiger partial charge in [-0.05, 0) is 34.4 Å². The highest BCUT2D eigenvalue weighted by Crippen LogP contribution is 2.40. The Hall–Kier alpha value is -3.36. The number of hydrogen-bond donors (Lipinski definition) is 1. The van der Waals surface area contributed by atoms with E-state index < -0.39 is 5.54 Å². The highest BCUT2D eigenvalue weighted by molar-refractivity contribution is 5.44. The largest absolute Gasteiger partial charge is 0.489 e. The van der Waals surface area contributed by atoms with Crippen LogP contribution in [0.15, 0.2) is 115 Å². The van der Waals surface area contributed by atoms with Gasteiger partial charge in [0.15, 0.2) is 0 Å². The van der Waals surface area contributed by atoms with Crippen molar-refractivity contribution >= 4 is 0 Å². The van der Waals surface area contributed by atoms with Crippen molar-refractivity contribution in [3.63, 3.8) is 0 Å². The van der Waals surface area contributed by atoms with Gasteiger partial charge in [-0.2, -0.15) is 0 Å². The molecule has 0 aliphatic carbocycles. The van der Waals surface area contributed by atoms with Crippen molar-refractivity contribution < 1.29 is 4.74 Å². The molecule has 0 aromatic heterocycles. The molecular weight excluding hydrogens is 366 g/mol. The molecular formula is C28H27NO. The zero-order valence-corrected chi connectivity index (χ0v) is 17.2. The zero-order valence-electron chi connectivity index (χ0n) is 17.2. The molecule has 1 unspecified atom stereocenters. The van der Waals surface area contributed by atoms with E-state index in [9.17, 15) is 0 Å². The Morgan fingerprint density at radius 2 is 1.13 bits per heavy atom. The summed E-state index contributed by atoms with van der Waals surface area (Å²) in [7, 11) is 0. The number of rotatable bonds is 7. The fraction of sp³-hybridized carbons (Fsp3) is 0.143. The third kappa shape index (κ3) is 4.14. The predicted octanol–water partition coefficient (Wildman–Crippen LogP) is 6.27. The summed E-state index contributed by atoms with van der Waals surface area (Å²) in [6.45, 7) is 2.75. The van der Waals surface area contributed by atoms with Gasteiger partial charge in [0.2, 0.25) is 0 Å². The first kappa shape index (κ1) is 19.9. The summed E-state index contributed by atoms with van der Waals surface area (Å²) in [5.41, 5.74) is 11.1. The molecule has 0 bridgehead atoms. The van der Waals surface area contributed by atoms with Gasteiger partial charge < -0.3 is 10.5 Å². The van der Waals surface area contributed by atoms with Crippen LogP contribution in [0.1, 0.15) is 35.1 Å². The summed E-state index contributed by atoms with van der Waals surface area (Å²) in [6.07, 6.45) is 0. The van der Waals surface area contributed by atoms with E-state index in [1.165, 1.54) is 5.56 Å². The topological polar surface area (TPSA) is 35.2 Å². The lowest BCUT2D eigenvalue weighted by Gasteiger charge is -2.37. The Balaban J connectivity index is 1.60. The lowest BCUT2D eigenvalue weighted by atomic mass is 9.72. The Bertz CT molecular complexity index is 1000. The van der Waals surface area contributed by atoms with E-state index in [-0.39, 0.29) is 5.92 Å². The third-order valence-electron chi connectivity index (χ3n) is 5.81. The average Bonchev–Trinajstić information content (AvgIpc) is 2.84. The van der Waals surface area contributed by atoms with Gasteiger partial charge in [0.05, 0.1) is 5.54 Å². The standard InChI is InChI=1S/C28H27NO/c1-22(24-17-19-27(20-18-24)30-21-23-11-5-2-6-12-23)28(29,25-13-7-3-8-14-25)26-15-9-4-10-16-26/h2-20,22H,21,29H2,1H3. The summed E-state index contributed by atoms with van der Waals surface area (Å²) in [5, 5.41) is 0. The Kier molecular flexibility index (Phi) is 5.97. The van der Waals surface area contributed by atoms with Crippen molar-refractivity contribution in [2.75, 3.05) is 0 Å². The van der Waals surface area contributed by atoms with E-state index in [0.717, 1.165) is 22.4 Å². The monoisotopic (exact) mass is 393 g/mol. The van der Waals surface area contributed by atoms with Gasteiger partial charge in [0.25, 0.3) is 0 Å². The maximum absolute atomic E-state index is 7.16. The first-order chi connectivity index (χ1) is 14.7. The molecule has 0 aliphatic heterocycles. The Labute approximate surface area is 179 Å². The van der Waals surface area contributed by atoms with Crippen LogP contribution < -0.4 is 10.5 Å². The minimum atomic E-state index is -0.630. The molecule has 0 saturated heterocycles. The number of hydrogen-bond acceptors (Lipinski definition) is 2. The molecule has 30 heavy (non-hydrogen) atoms. The molecule has 4 aromatic carbocycles. The van der Waals surface area contributed by atoms with Crippen molar-refractivity contribution in [1.82, 2.24) is 0 Å². The summed E-state index contributed by atoms with van der Waals surface area (Å²) in [4.78, 5) is 0. The summed E-state index contributed by atoms with van der Waals surface area (Å²) < 4.78 is 5.95. The molecule has 2 N–H and O–H groups in total. The van der Waals surface area contributed by atoms with Crippen molar-refractivity contribution in [3.8, 4) is 5.75 Å². The van der Waals surface area contributed by atoms with E-state index in [4.69, 9.17) is 10.5 Å². The van der Waals surface area contributed by atoms with E-state index >= 15 is 0 Å². The maximum atomic E-state index is 7.16. The lowest BCUT2D eigenvalue weighted by Crippen LogP contribution is -2.43. The quantitative estimate of drug-likeness (QED) is 0.401. The summed E-state index contributed by atoms with van der Waals surface area (Å²) >= 11 is 0. The molecule has 0 spiro atoms. The molecule has 0 heterocycles. The molecule has 0 fully saturated rings. The van der Waals surface area contributed by atoms with Crippen LogP contribution in [0.5, 0.6) is 5.75 Å². The smallest absolute Gasteiger partial charge is 0.119 e. The second-order valence-electron chi connectivity index (χ2n) is 7.67. The van der Waals surface area contributed by atoms with E-state index in [1.807, 2.05) is 66.7 Å². The highest BCUT2D eigenvalue weighted by Gasteiger charge is 2.36. The average molecular weight is 394 g/mol. The first-order valence-electron chi connectivity index (χ1n) is 10.3. The van der Waals surface area contributed by atoms with E-state index in [0.29, 0.717) is 6.61 Å². The van der Waals surface area contributed by atoms with Gasteiger partial charge in [0.1, 0.15) is 12.4 Å². The SMILES string of the molecule is CC(c1ccc(OCc2ccccc2)cc1)C(N)(c1ccccc1)c1ccccc1. The second kappa shape index (κ2) is 8.98. The Morgan fingerprint density at radius 1 is 0.667 bits per heavy atom. The molecule has 0 amide bonds. The minimum Gasteiger partial charge on any atom is -0.489 e. The van der Waals surface area contributed by atoms with E-state index in [2.05, 4.69) is 55.5 Å². The van der Waals surface area contributed by atoms with Gasteiger partial charge in [-0.3, -0.25) is 0 Å². The van der Waals surface area contributed by atoms with Crippen LogP contribution in [0, 0.1) is 0 Å². The van der Waals surface area contributed by atoms with Crippen molar-refractivity contribution in [2.24, 2.45) is 5.73 Å². The third-order valence-corrected chi connectivity index (χ3v) is 5.81. The van der Waals surface area contributed by atoms with Crippen molar-refractivity contribution in [1.29, 1.82) is 0 Å². The summed E-state index contributed by atoms with van der Waals surface area (Å²) in [5.74, 6) is 0.933. The molecule has 4 rings (SSSR count). The van der Waals surface area contributed by atoms with Crippen LogP contribution in [0.3, 0.4) is 0 Å². The van der Waals surface area contributed by atoms with Crippen LogP contribution in [-0.2, 0) is 12.1 Å². The van der Waals surface area contributed by atoms with Crippen molar-refractivity contribution in [2.45, 2.75) is 25.0 Å². The lowest BCUT2D eigenvalue weighted by molar-refractivity contribution is 0.306. The van der Waals surface area contributed by atoms with Crippen LogP contribution in [-0.4, -0.2) is 0 Å². The fourth-order valence-electron chi connectivity index (χ4n) is 3.95.